The fourth-order valence-corrected chi connectivity index (χ4v) is 2.06. The molecule has 0 bridgehead atoms. The largest absolute Gasteiger partial charge is 0.389 e. The maximum absolute atomic E-state index is 10.3. The zero-order valence-electron chi connectivity index (χ0n) is 8.69. The highest BCUT2D eigenvalue weighted by atomic mass is 16.3. The first-order chi connectivity index (χ1) is 7.21. The van der Waals surface area contributed by atoms with E-state index in [9.17, 15) is 10.2 Å². The molecule has 0 radical (unpaired) electrons. The Balaban J connectivity index is 2.09. The van der Waals surface area contributed by atoms with E-state index in [0.29, 0.717) is 19.4 Å². The van der Waals surface area contributed by atoms with E-state index in [1.165, 1.54) is 0 Å². The topological polar surface area (TPSA) is 52.5 Å². The normalized spacial score (nSPS) is 31.5. The lowest BCUT2D eigenvalue weighted by molar-refractivity contribution is -0.0911. The van der Waals surface area contributed by atoms with Crippen LogP contribution in [0.25, 0.3) is 0 Å². The van der Waals surface area contributed by atoms with Crippen molar-refractivity contribution in [2.24, 2.45) is 0 Å². The molecule has 3 nitrogen and oxygen atoms in total. The van der Waals surface area contributed by atoms with Crippen LogP contribution in [0.15, 0.2) is 30.3 Å². The van der Waals surface area contributed by atoms with Crippen molar-refractivity contribution in [3.05, 3.63) is 35.9 Å². The van der Waals surface area contributed by atoms with E-state index in [1.807, 2.05) is 30.3 Å². The molecule has 3 N–H and O–H groups in total. The first-order valence-electron chi connectivity index (χ1n) is 5.36. The van der Waals surface area contributed by atoms with Crippen molar-refractivity contribution in [2.75, 3.05) is 13.1 Å². The van der Waals surface area contributed by atoms with Crippen molar-refractivity contribution in [3.8, 4) is 0 Å². The minimum atomic E-state index is -0.966. The van der Waals surface area contributed by atoms with Gasteiger partial charge in [-0.25, -0.2) is 0 Å². The molecule has 1 aromatic rings. The average molecular weight is 207 g/mol. The molecule has 1 aliphatic rings. The van der Waals surface area contributed by atoms with Crippen LogP contribution >= 0.6 is 0 Å². The fourth-order valence-electron chi connectivity index (χ4n) is 2.06. The van der Waals surface area contributed by atoms with Gasteiger partial charge < -0.3 is 15.5 Å². The first-order valence-corrected chi connectivity index (χ1v) is 5.36. The lowest BCUT2D eigenvalue weighted by Crippen LogP contribution is -2.55. The second kappa shape index (κ2) is 4.31. The Kier molecular flexibility index (Phi) is 3.05. The van der Waals surface area contributed by atoms with Gasteiger partial charge in [-0.1, -0.05) is 30.3 Å². The minimum absolute atomic E-state index is 0.476. The number of nitrogens with one attached hydrogen (secondary N) is 1. The maximum Gasteiger partial charge on any atom is 0.0970 e. The standard InChI is InChI=1S/C12H17NO2/c14-11-9-13-7-6-12(11,15)8-10-4-2-1-3-5-10/h1-5,11,13-15H,6-9H2/t11-,12+/m0/s1. The Hall–Kier alpha value is -0.900. The number of aliphatic hydroxyl groups excluding tert-OH is 1. The number of aliphatic hydroxyl groups is 2. The van der Waals surface area contributed by atoms with Gasteiger partial charge in [-0.2, -0.15) is 0 Å². The molecule has 3 heteroatoms. The summed E-state index contributed by atoms with van der Waals surface area (Å²) in [4.78, 5) is 0. The number of piperidine rings is 1. The van der Waals surface area contributed by atoms with Gasteiger partial charge in [-0.3, -0.25) is 0 Å². The van der Waals surface area contributed by atoms with E-state index in [4.69, 9.17) is 0 Å². The summed E-state index contributed by atoms with van der Waals surface area (Å²) in [5.74, 6) is 0. The van der Waals surface area contributed by atoms with Crippen LogP contribution in [0.1, 0.15) is 12.0 Å². The number of hydrogen-bond acceptors (Lipinski definition) is 3. The third-order valence-corrected chi connectivity index (χ3v) is 3.05. The Morgan fingerprint density at radius 1 is 1.33 bits per heavy atom. The van der Waals surface area contributed by atoms with E-state index in [-0.39, 0.29) is 0 Å². The minimum Gasteiger partial charge on any atom is -0.389 e. The molecule has 0 spiro atoms. The smallest absolute Gasteiger partial charge is 0.0970 e. The summed E-state index contributed by atoms with van der Waals surface area (Å²) < 4.78 is 0. The molecular weight excluding hydrogens is 190 g/mol. The van der Waals surface area contributed by atoms with Gasteiger partial charge in [-0.15, -0.1) is 0 Å². The zero-order valence-corrected chi connectivity index (χ0v) is 8.69. The molecule has 1 fully saturated rings. The number of benzene rings is 1. The highest BCUT2D eigenvalue weighted by molar-refractivity contribution is 5.18. The van der Waals surface area contributed by atoms with Crippen LogP contribution in [-0.4, -0.2) is 35.0 Å². The Labute approximate surface area is 89.8 Å². The van der Waals surface area contributed by atoms with E-state index in [1.54, 1.807) is 0 Å². The lowest BCUT2D eigenvalue weighted by Gasteiger charge is -2.37. The first kappa shape index (κ1) is 10.6. The van der Waals surface area contributed by atoms with E-state index in [0.717, 1.165) is 12.1 Å². The Morgan fingerprint density at radius 3 is 2.73 bits per heavy atom. The summed E-state index contributed by atoms with van der Waals surface area (Å²) in [6, 6.07) is 9.81. The van der Waals surface area contributed by atoms with Gasteiger partial charge in [0.05, 0.1) is 11.7 Å². The Morgan fingerprint density at radius 2 is 2.07 bits per heavy atom. The van der Waals surface area contributed by atoms with Crippen LogP contribution < -0.4 is 5.32 Å². The zero-order chi connectivity index (χ0) is 10.7. The Bertz CT molecular complexity index is 315. The highest BCUT2D eigenvalue weighted by Crippen LogP contribution is 2.23. The second-order valence-corrected chi connectivity index (χ2v) is 4.24. The predicted octanol–water partition coefficient (Wildman–Crippen LogP) is 0.314. The number of rotatable bonds is 2. The third kappa shape index (κ3) is 2.37. The van der Waals surface area contributed by atoms with E-state index >= 15 is 0 Å². The van der Waals surface area contributed by atoms with Crippen molar-refractivity contribution in [1.82, 2.24) is 5.32 Å². The van der Waals surface area contributed by atoms with Crippen LogP contribution in [0.4, 0.5) is 0 Å². The molecule has 1 heterocycles. The van der Waals surface area contributed by atoms with Crippen molar-refractivity contribution in [2.45, 2.75) is 24.5 Å². The SMILES string of the molecule is O[C@H]1CNCC[C@@]1(O)Cc1ccccc1. The van der Waals surface area contributed by atoms with Gasteiger partial charge in [0.25, 0.3) is 0 Å². The van der Waals surface area contributed by atoms with Gasteiger partial charge in [0.1, 0.15) is 0 Å². The highest BCUT2D eigenvalue weighted by Gasteiger charge is 2.37. The second-order valence-electron chi connectivity index (χ2n) is 4.24. The number of hydrogen-bond donors (Lipinski definition) is 3. The van der Waals surface area contributed by atoms with Gasteiger partial charge >= 0.3 is 0 Å². The molecule has 1 aliphatic heterocycles. The van der Waals surface area contributed by atoms with Crippen molar-refractivity contribution >= 4 is 0 Å². The van der Waals surface area contributed by atoms with Crippen molar-refractivity contribution in [1.29, 1.82) is 0 Å². The predicted molar refractivity (Wildman–Crippen MR) is 58.6 cm³/mol. The molecule has 0 amide bonds. The molecule has 1 saturated heterocycles. The quantitative estimate of drug-likeness (QED) is 0.654. The van der Waals surface area contributed by atoms with Crippen LogP contribution in [0.5, 0.6) is 0 Å². The van der Waals surface area contributed by atoms with E-state index < -0.39 is 11.7 Å². The molecule has 2 atom stereocenters. The van der Waals surface area contributed by atoms with Crippen LogP contribution in [0.3, 0.4) is 0 Å². The third-order valence-electron chi connectivity index (χ3n) is 3.05. The summed E-state index contributed by atoms with van der Waals surface area (Å²) in [5, 5.41) is 23.1. The summed E-state index contributed by atoms with van der Waals surface area (Å²) >= 11 is 0. The molecule has 2 rings (SSSR count). The van der Waals surface area contributed by atoms with Gasteiger partial charge in [0, 0.05) is 13.0 Å². The summed E-state index contributed by atoms with van der Waals surface area (Å²) in [5.41, 5.74) is 0.105. The van der Waals surface area contributed by atoms with Crippen LogP contribution in [-0.2, 0) is 6.42 Å². The molecule has 1 aromatic carbocycles. The van der Waals surface area contributed by atoms with Crippen molar-refractivity contribution in [3.63, 3.8) is 0 Å². The van der Waals surface area contributed by atoms with E-state index in [2.05, 4.69) is 5.32 Å². The fraction of sp³-hybridized carbons (Fsp3) is 0.500. The summed E-state index contributed by atoms with van der Waals surface area (Å²) in [6.45, 7) is 1.24. The number of β-amino-alcohol motifs (C(OH)–C–C–N with tert-alkyl or cyclic N) is 1. The molecule has 0 aliphatic carbocycles. The van der Waals surface area contributed by atoms with Gasteiger partial charge in [0.2, 0.25) is 0 Å². The average Bonchev–Trinajstić information content (AvgIpc) is 2.24. The summed E-state index contributed by atoms with van der Waals surface area (Å²) in [7, 11) is 0. The molecule has 0 unspecified atom stereocenters. The molecule has 0 aromatic heterocycles. The van der Waals surface area contributed by atoms with Gasteiger partial charge in [0.15, 0.2) is 0 Å². The molecule has 15 heavy (non-hydrogen) atoms. The monoisotopic (exact) mass is 207 g/mol. The van der Waals surface area contributed by atoms with Crippen LogP contribution in [0, 0.1) is 0 Å². The maximum atomic E-state index is 10.3. The molecule has 0 saturated carbocycles. The van der Waals surface area contributed by atoms with Crippen LogP contribution in [0.2, 0.25) is 0 Å². The van der Waals surface area contributed by atoms with Gasteiger partial charge in [-0.05, 0) is 18.5 Å². The molecule has 82 valence electrons. The molecular formula is C12H17NO2. The summed E-state index contributed by atoms with van der Waals surface area (Å²) in [6.07, 6.45) is 0.450. The lowest BCUT2D eigenvalue weighted by atomic mass is 9.84. The van der Waals surface area contributed by atoms with Crippen molar-refractivity contribution < 1.29 is 10.2 Å².